The van der Waals surface area contributed by atoms with E-state index in [1.807, 2.05) is 31.2 Å². The van der Waals surface area contributed by atoms with E-state index in [1.54, 1.807) is 17.5 Å². The maximum absolute atomic E-state index is 5.61. The van der Waals surface area contributed by atoms with Crippen LogP contribution in [-0.4, -0.2) is 28.2 Å². The largest absolute Gasteiger partial charge is 0.486 e. The summed E-state index contributed by atoms with van der Waals surface area (Å²) in [5.41, 5.74) is 2.74. The van der Waals surface area contributed by atoms with Crippen molar-refractivity contribution in [2.24, 2.45) is 0 Å². The van der Waals surface area contributed by atoms with Crippen LogP contribution >= 0.6 is 11.3 Å². The lowest BCUT2D eigenvalue weighted by Crippen LogP contribution is -2.15. The number of ether oxygens (including phenoxy) is 2. The first-order chi connectivity index (χ1) is 12.2. The molecule has 0 spiro atoms. The molecule has 7 heteroatoms. The van der Waals surface area contributed by atoms with Crippen LogP contribution in [0.3, 0.4) is 0 Å². The molecule has 4 rings (SSSR count). The van der Waals surface area contributed by atoms with Crippen LogP contribution in [0, 0.1) is 6.92 Å². The standard InChI is InChI=1S/C18H18N4O2S/c1-3-16-20-11(2)17(25-16)13-6-7-19-18(22-13)21-12-4-5-14-15(10-12)24-9-8-23-14/h4-7,10H,3,8-9H2,1-2H3,(H,19,21,22). The Morgan fingerprint density at radius 3 is 2.76 bits per heavy atom. The molecule has 6 nitrogen and oxygen atoms in total. The van der Waals surface area contributed by atoms with Crippen molar-refractivity contribution in [2.45, 2.75) is 20.3 Å². The van der Waals surface area contributed by atoms with Gasteiger partial charge in [0, 0.05) is 18.0 Å². The van der Waals surface area contributed by atoms with Crippen LogP contribution in [0.25, 0.3) is 10.6 Å². The van der Waals surface area contributed by atoms with E-state index in [0.717, 1.165) is 44.9 Å². The molecule has 3 heterocycles. The van der Waals surface area contributed by atoms with Crippen LogP contribution in [0.1, 0.15) is 17.6 Å². The minimum Gasteiger partial charge on any atom is -0.486 e. The van der Waals surface area contributed by atoms with Gasteiger partial charge >= 0.3 is 0 Å². The van der Waals surface area contributed by atoms with Gasteiger partial charge < -0.3 is 14.8 Å². The molecule has 1 aliphatic heterocycles. The normalized spacial score (nSPS) is 12.9. The maximum Gasteiger partial charge on any atom is 0.227 e. The Balaban J connectivity index is 1.60. The lowest BCUT2D eigenvalue weighted by atomic mass is 10.2. The molecule has 0 atom stereocenters. The summed E-state index contributed by atoms with van der Waals surface area (Å²) in [4.78, 5) is 14.6. The molecule has 0 saturated heterocycles. The van der Waals surface area contributed by atoms with E-state index in [-0.39, 0.29) is 0 Å². The fourth-order valence-corrected chi connectivity index (χ4v) is 3.61. The Morgan fingerprint density at radius 2 is 1.96 bits per heavy atom. The first kappa shape index (κ1) is 15.8. The molecule has 2 aromatic heterocycles. The molecule has 1 aliphatic rings. The van der Waals surface area contributed by atoms with E-state index in [4.69, 9.17) is 9.47 Å². The van der Waals surface area contributed by atoms with Gasteiger partial charge in [-0.05, 0) is 31.5 Å². The van der Waals surface area contributed by atoms with E-state index >= 15 is 0 Å². The highest BCUT2D eigenvalue weighted by atomic mass is 32.1. The molecule has 0 aliphatic carbocycles. The fourth-order valence-electron chi connectivity index (χ4n) is 2.64. The fraction of sp³-hybridized carbons (Fsp3) is 0.278. The number of rotatable bonds is 4. The maximum atomic E-state index is 5.61. The van der Waals surface area contributed by atoms with Crippen LogP contribution in [0.4, 0.5) is 11.6 Å². The molecule has 0 amide bonds. The number of aromatic nitrogens is 3. The number of thiazole rings is 1. The van der Waals surface area contributed by atoms with Crippen LogP contribution in [0.2, 0.25) is 0 Å². The third kappa shape index (κ3) is 3.28. The van der Waals surface area contributed by atoms with Crippen LogP contribution in [0.15, 0.2) is 30.5 Å². The molecule has 25 heavy (non-hydrogen) atoms. The summed E-state index contributed by atoms with van der Waals surface area (Å²) in [6.45, 7) is 5.27. The predicted octanol–water partition coefficient (Wildman–Crippen LogP) is 3.99. The van der Waals surface area contributed by atoms with Gasteiger partial charge in [0.1, 0.15) is 13.2 Å². The van der Waals surface area contributed by atoms with Crippen molar-refractivity contribution in [1.29, 1.82) is 0 Å². The lowest BCUT2D eigenvalue weighted by molar-refractivity contribution is 0.171. The lowest BCUT2D eigenvalue weighted by Gasteiger charge is -2.19. The van der Waals surface area contributed by atoms with Crippen LogP contribution < -0.4 is 14.8 Å². The second kappa shape index (κ2) is 6.68. The van der Waals surface area contributed by atoms with E-state index in [2.05, 4.69) is 27.2 Å². The topological polar surface area (TPSA) is 69.2 Å². The van der Waals surface area contributed by atoms with Crippen molar-refractivity contribution < 1.29 is 9.47 Å². The van der Waals surface area contributed by atoms with E-state index in [9.17, 15) is 0 Å². The molecule has 0 fully saturated rings. The SMILES string of the molecule is CCc1nc(C)c(-c2ccnc(Nc3ccc4c(c3)OCCO4)n2)s1. The Labute approximate surface area is 149 Å². The summed E-state index contributed by atoms with van der Waals surface area (Å²) in [6.07, 6.45) is 2.69. The molecule has 3 aromatic rings. The number of aryl methyl sites for hydroxylation is 2. The van der Waals surface area contributed by atoms with Gasteiger partial charge in [0.25, 0.3) is 0 Å². The number of benzene rings is 1. The highest BCUT2D eigenvalue weighted by molar-refractivity contribution is 7.15. The first-order valence-electron chi connectivity index (χ1n) is 8.19. The van der Waals surface area contributed by atoms with Gasteiger partial charge in [-0.2, -0.15) is 0 Å². The number of nitrogens with one attached hydrogen (secondary N) is 1. The van der Waals surface area contributed by atoms with Crippen molar-refractivity contribution in [3.63, 3.8) is 0 Å². The summed E-state index contributed by atoms with van der Waals surface area (Å²) in [6, 6.07) is 7.63. The minimum atomic E-state index is 0.542. The molecule has 0 saturated carbocycles. The average molecular weight is 354 g/mol. The summed E-state index contributed by atoms with van der Waals surface area (Å²) in [5.74, 6) is 2.04. The molecule has 0 bridgehead atoms. The van der Waals surface area contributed by atoms with Gasteiger partial charge in [0.2, 0.25) is 5.95 Å². The number of fused-ring (bicyclic) bond motifs is 1. The van der Waals surface area contributed by atoms with Gasteiger partial charge in [-0.3, -0.25) is 0 Å². The van der Waals surface area contributed by atoms with Crippen molar-refractivity contribution in [3.05, 3.63) is 41.2 Å². The van der Waals surface area contributed by atoms with Gasteiger partial charge in [-0.25, -0.2) is 15.0 Å². The minimum absolute atomic E-state index is 0.542. The van der Waals surface area contributed by atoms with Crippen molar-refractivity contribution in [3.8, 4) is 22.1 Å². The number of anilines is 2. The monoisotopic (exact) mass is 354 g/mol. The number of hydrogen-bond acceptors (Lipinski definition) is 7. The van der Waals surface area contributed by atoms with E-state index in [0.29, 0.717) is 19.2 Å². The van der Waals surface area contributed by atoms with Gasteiger partial charge in [0.15, 0.2) is 11.5 Å². The Morgan fingerprint density at radius 1 is 1.12 bits per heavy atom. The Kier molecular flexibility index (Phi) is 4.23. The second-order valence-electron chi connectivity index (χ2n) is 5.62. The third-order valence-corrected chi connectivity index (χ3v) is 5.15. The molecule has 128 valence electrons. The average Bonchev–Trinajstić information content (AvgIpc) is 3.03. The van der Waals surface area contributed by atoms with Crippen LogP contribution in [-0.2, 0) is 6.42 Å². The predicted molar refractivity (Wildman–Crippen MR) is 98.0 cm³/mol. The smallest absolute Gasteiger partial charge is 0.227 e. The first-order valence-corrected chi connectivity index (χ1v) is 9.01. The van der Waals surface area contributed by atoms with E-state index < -0.39 is 0 Å². The summed E-state index contributed by atoms with van der Waals surface area (Å²) in [7, 11) is 0. The molecule has 0 radical (unpaired) electrons. The highest BCUT2D eigenvalue weighted by Gasteiger charge is 2.13. The molecule has 1 aromatic carbocycles. The molecule has 1 N–H and O–H groups in total. The summed E-state index contributed by atoms with van der Waals surface area (Å²) >= 11 is 1.68. The Hall–Kier alpha value is -2.67. The quantitative estimate of drug-likeness (QED) is 0.764. The number of hydrogen-bond donors (Lipinski definition) is 1. The van der Waals surface area contributed by atoms with Gasteiger partial charge in [-0.15, -0.1) is 11.3 Å². The summed E-state index contributed by atoms with van der Waals surface area (Å²) in [5, 5.41) is 4.35. The number of nitrogens with zero attached hydrogens (tertiary/aromatic N) is 3. The highest BCUT2D eigenvalue weighted by Crippen LogP contribution is 2.34. The third-order valence-electron chi connectivity index (χ3n) is 3.83. The Bertz CT molecular complexity index is 910. The molecular weight excluding hydrogens is 336 g/mol. The summed E-state index contributed by atoms with van der Waals surface area (Å²) < 4.78 is 11.2. The molecular formula is C18H18N4O2S. The van der Waals surface area contributed by atoms with Crippen molar-refractivity contribution in [1.82, 2.24) is 15.0 Å². The van der Waals surface area contributed by atoms with Gasteiger partial charge in [-0.1, -0.05) is 6.92 Å². The van der Waals surface area contributed by atoms with Crippen LogP contribution in [0.5, 0.6) is 11.5 Å². The van der Waals surface area contributed by atoms with E-state index in [1.165, 1.54) is 0 Å². The zero-order chi connectivity index (χ0) is 17.2. The zero-order valence-corrected chi connectivity index (χ0v) is 14.9. The van der Waals surface area contributed by atoms with Crippen molar-refractivity contribution in [2.75, 3.05) is 18.5 Å². The zero-order valence-electron chi connectivity index (χ0n) is 14.1. The van der Waals surface area contributed by atoms with Crippen molar-refractivity contribution >= 4 is 23.0 Å². The molecule has 0 unspecified atom stereocenters. The van der Waals surface area contributed by atoms with Gasteiger partial charge in [0.05, 0.1) is 21.3 Å². The second-order valence-corrected chi connectivity index (χ2v) is 6.71.